The van der Waals surface area contributed by atoms with E-state index in [-0.39, 0.29) is 0 Å². The minimum atomic E-state index is -0.683. The monoisotopic (exact) mass is 234 g/mol. The van der Waals surface area contributed by atoms with E-state index in [0.29, 0.717) is 6.54 Å². The molecule has 92 valence electrons. The molecule has 0 bridgehead atoms. The maximum Gasteiger partial charge on any atom is 0.310 e. The van der Waals surface area contributed by atoms with Crippen molar-refractivity contribution in [3.05, 3.63) is 30.1 Å². The standard InChI is InChI=1S/C13H18N2O2/c1-13(12(16)17)5-2-8-15(10-13)9-11-3-6-14-7-4-11/h3-4,6-7H,2,5,8-10H2,1H3,(H,16,17). The maximum absolute atomic E-state index is 11.2. The first-order valence-corrected chi connectivity index (χ1v) is 5.95. The van der Waals surface area contributed by atoms with Crippen molar-refractivity contribution in [1.82, 2.24) is 9.88 Å². The molecule has 2 heterocycles. The van der Waals surface area contributed by atoms with Crippen LogP contribution in [0.4, 0.5) is 0 Å². The van der Waals surface area contributed by atoms with E-state index in [1.165, 1.54) is 5.56 Å². The van der Waals surface area contributed by atoms with Gasteiger partial charge in [0.05, 0.1) is 5.41 Å². The summed E-state index contributed by atoms with van der Waals surface area (Å²) in [5.74, 6) is -0.683. The number of hydrogen-bond acceptors (Lipinski definition) is 3. The van der Waals surface area contributed by atoms with E-state index in [1.54, 1.807) is 12.4 Å². The fourth-order valence-electron chi connectivity index (χ4n) is 2.40. The van der Waals surface area contributed by atoms with E-state index in [0.717, 1.165) is 25.9 Å². The molecule has 1 aliphatic rings. The summed E-state index contributed by atoms with van der Waals surface area (Å²) in [5, 5.41) is 9.24. The molecule has 17 heavy (non-hydrogen) atoms. The molecule has 4 heteroatoms. The maximum atomic E-state index is 11.2. The van der Waals surface area contributed by atoms with Gasteiger partial charge >= 0.3 is 5.97 Å². The number of rotatable bonds is 3. The average Bonchev–Trinajstić information content (AvgIpc) is 2.30. The van der Waals surface area contributed by atoms with Crippen molar-refractivity contribution in [3.8, 4) is 0 Å². The van der Waals surface area contributed by atoms with Crippen LogP contribution in [0.1, 0.15) is 25.3 Å². The Morgan fingerprint density at radius 2 is 2.24 bits per heavy atom. The van der Waals surface area contributed by atoms with E-state index < -0.39 is 11.4 Å². The Hall–Kier alpha value is -1.42. The lowest BCUT2D eigenvalue weighted by Gasteiger charge is -2.37. The highest BCUT2D eigenvalue weighted by molar-refractivity contribution is 5.74. The number of likely N-dealkylation sites (tertiary alicyclic amines) is 1. The minimum Gasteiger partial charge on any atom is -0.481 e. The number of aromatic nitrogens is 1. The van der Waals surface area contributed by atoms with Gasteiger partial charge in [0.15, 0.2) is 0 Å². The number of aliphatic carboxylic acids is 1. The number of carbonyl (C=O) groups is 1. The highest BCUT2D eigenvalue weighted by Gasteiger charge is 2.37. The molecular formula is C13H18N2O2. The van der Waals surface area contributed by atoms with Gasteiger partial charge in [0.25, 0.3) is 0 Å². The topological polar surface area (TPSA) is 53.4 Å². The van der Waals surface area contributed by atoms with Gasteiger partial charge in [0.2, 0.25) is 0 Å². The molecule has 1 saturated heterocycles. The van der Waals surface area contributed by atoms with Crippen molar-refractivity contribution in [2.24, 2.45) is 5.41 Å². The Bertz CT molecular complexity index is 394. The molecule has 1 aliphatic heterocycles. The summed E-state index contributed by atoms with van der Waals surface area (Å²) in [6.45, 7) is 4.26. The van der Waals surface area contributed by atoms with Crippen molar-refractivity contribution in [2.75, 3.05) is 13.1 Å². The molecule has 2 rings (SSSR count). The zero-order valence-electron chi connectivity index (χ0n) is 10.1. The second-order valence-electron chi connectivity index (χ2n) is 5.04. The lowest BCUT2D eigenvalue weighted by atomic mass is 9.82. The number of carboxylic acid groups (broad SMARTS) is 1. The number of hydrogen-bond donors (Lipinski definition) is 1. The lowest BCUT2D eigenvalue weighted by Crippen LogP contribution is -2.45. The van der Waals surface area contributed by atoms with E-state index in [9.17, 15) is 9.90 Å². The quantitative estimate of drug-likeness (QED) is 0.866. The van der Waals surface area contributed by atoms with Crippen LogP contribution in [-0.4, -0.2) is 34.0 Å². The Balaban J connectivity index is 2.01. The van der Waals surface area contributed by atoms with E-state index in [2.05, 4.69) is 9.88 Å². The van der Waals surface area contributed by atoms with Gasteiger partial charge in [-0.1, -0.05) is 0 Å². The summed E-state index contributed by atoms with van der Waals surface area (Å²) in [4.78, 5) is 17.4. The van der Waals surface area contributed by atoms with Gasteiger partial charge in [-0.2, -0.15) is 0 Å². The third-order valence-corrected chi connectivity index (χ3v) is 3.45. The summed E-state index contributed by atoms with van der Waals surface area (Å²) in [7, 11) is 0. The van der Waals surface area contributed by atoms with Crippen molar-refractivity contribution in [2.45, 2.75) is 26.3 Å². The lowest BCUT2D eigenvalue weighted by molar-refractivity contribution is -0.151. The Morgan fingerprint density at radius 3 is 2.88 bits per heavy atom. The fraction of sp³-hybridized carbons (Fsp3) is 0.538. The molecule has 0 aromatic carbocycles. The normalized spacial score (nSPS) is 25.7. The van der Waals surface area contributed by atoms with E-state index in [1.807, 2.05) is 19.1 Å². The predicted octanol–water partition coefficient (Wildman–Crippen LogP) is 1.77. The van der Waals surface area contributed by atoms with Crippen LogP contribution in [0.25, 0.3) is 0 Å². The molecule has 1 fully saturated rings. The molecule has 0 spiro atoms. The highest BCUT2D eigenvalue weighted by atomic mass is 16.4. The summed E-state index contributed by atoms with van der Waals surface area (Å²) in [6.07, 6.45) is 5.27. The van der Waals surface area contributed by atoms with Crippen molar-refractivity contribution in [3.63, 3.8) is 0 Å². The minimum absolute atomic E-state index is 0.592. The van der Waals surface area contributed by atoms with Gasteiger partial charge in [-0.25, -0.2) is 0 Å². The zero-order valence-corrected chi connectivity index (χ0v) is 10.1. The van der Waals surface area contributed by atoms with Crippen molar-refractivity contribution in [1.29, 1.82) is 0 Å². The third-order valence-electron chi connectivity index (χ3n) is 3.45. The number of piperidine rings is 1. The number of carboxylic acids is 1. The van der Waals surface area contributed by atoms with Crippen LogP contribution in [0.3, 0.4) is 0 Å². The van der Waals surface area contributed by atoms with E-state index >= 15 is 0 Å². The van der Waals surface area contributed by atoms with Gasteiger partial charge in [-0.3, -0.25) is 14.7 Å². The zero-order chi connectivity index (χ0) is 12.3. The van der Waals surface area contributed by atoms with Crippen LogP contribution < -0.4 is 0 Å². The van der Waals surface area contributed by atoms with Crippen LogP contribution in [-0.2, 0) is 11.3 Å². The molecule has 1 unspecified atom stereocenters. The Labute approximate surface area is 101 Å². The van der Waals surface area contributed by atoms with Gasteiger partial charge in [-0.15, -0.1) is 0 Å². The van der Waals surface area contributed by atoms with Crippen LogP contribution in [0, 0.1) is 5.41 Å². The molecule has 0 aliphatic carbocycles. The largest absolute Gasteiger partial charge is 0.481 e. The van der Waals surface area contributed by atoms with Crippen molar-refractivity contribution >= 4 is 5.97 Å². The molecule has 1 aromatic heterocycles. The summed E-state index contributed by atoms with van der Waals surface area (Å²) in [5.41, 5.74) is 0.597. The summed E-state index contributed by atoms with van der Waals surface area (Å²) >= 11 is 0. The second kappa shape index (κ2) is 4.84. The third kappa shape index (κ3) is 2.82. The molecule has 1 N–H and O–H groups in total. The highest BCUT2D eigenvalue weighted by Crippen LogP contribution is 2.30. The molecule has 0 amide bonds. The smallest absolute Gasteiger partial charge is 0.310 e. The van der Waals surface area contributed by atoms with Gasteiger partial charge in [-0.05, 0) is 44.0 Å². The molecule has 4 nitrogen and oxygen atoms in total. The van der Waals surface area contributed by atoms with Crippen LogP contribution in [0.5, 0.6) is 0 Å². The van der Waals surface area contributed by atoms with Gasteiger partial charge in [0, 0.05) is 25.5 Å². The van der Waals surface area contributed by atoms with Crippen LogP contribution in [0.2, 0.25) is 0 Å². The number of pyridine rings is 1. The van der Waals surface area contributed by atoms with Crippen LogP contribution in [0.15, 0.2) is 24.5 Å². The molecule has 1 aromatic rings. The molecule has 1 atom stereocenters. The Kier molecular flexibility index (Phi) is 3.43. The van der Waals surface area contributed by atoms with Crippen molar-refractivity contribution < 1.29 is 9.90 Å². The first-order valence-electron chi connectivity index (χ1n) is 5.95. The number of nitrogens with zero attached hydrogens (tertiary/aromatic N) is 2. The molecular weight excluding hydrogens is 216 g/mol. The second-order valence-corrected chi connectivity index (χ2v) is 5.04. The Morgan fingerprint density at radius 1 is 1.53 bits per heavy atom. The molecule has 0 radical (unpaired) electrons. The first-order chi connectivity index (χ1) is 8.10. The predicted molar refractivity (Wildman–Crippen MR) is 64.5 cm³/mol. The van der Waals surface area contributed by atoms with Gasteiger partial charge < -0.3 is 5.11 Å². The summed E-state index contributed by atoms with van der Waals surface area (Å²) < 4.78 is 0. The average molecular weight is 234 g/mol. The molecule has 0 saturated carbocycles. The van der Waals surface area contributed by atoms with Crippen LogP contribution >= 0.6 is 0 Å². The van der Waals surface area contributed by atoms with Gasteiger partial charge in [0.1, 0.15) is 0 Å². The SMILES string of the molecule is CC1(C(=O)O)CCCN(Cc2ccncc2)C1. The van der Waals surface area contributed by atoms with E-state index in [4.69, 9.17) is 0 Å². The fourth-order valence-corrected chi connectivity index (χ4v) is 2.40. The summed E-state index contributed by atoms with van der Waals surface area (Å²) in [6, 6.07) is 3.96. The first kappa shape index (κ1) is 12.0.